The van der Waals surface area contributed by atoms with Crippen LogP contribution in [0.1, 0.15) is 32.0 Å². The lowest BCUT2D eigenvalue weighted by Crippen LogP contribution is -2.25. The molecule has 21 heavy (non-hydrogen) atoms. The van der Waals surface area contributed by atoms with Crippen LogP contribution in [0.4, 0.5) is 5.69 Å². The molecule has 6 heteroatoms. The summed E-state index contributed by atoms with van der Waals surface area (Å²) in [5, 5.41) is 22.8. The van der Waals surface area contributed by atoms with Crippen molar-refractivity contribution in [2.45, 2.75) is 38.5 Å². The van der Waals surface area contributed by atoms with E-state index in [9.17, 15) is 15.2 Å². The lowest BCUT2D eigenvalue weighted by Gasteiger charge is -2.22. The summed E-state index contributed by atoms with van der Waals surface area (Å²) in [7, 11) is 0. The lowest BCUT2D eigenvalue weighted by atomic mass is 10.1. The molecule has 1 aromatic heterocycles. The molecule has 0 fully saturated rings. The summed E-state index contributed by atoms with van der Waals surface area (Å²) in [5.74, 6) is 0.568. The van der Waals surface area contributed by atoms with E-state index in [0.717, 1.165) is 10.9 Å². The number of thioether (sulfide) groups is 1. The number of aromatic amines is 1. The van der Waals surface area contributed by atoms with Gasteiger partial charge in [0.1, 0.15) is 5.60 Å². The first-order valence-corrected chi connectivity index (χ1v) is 7.88. The van der Waals surface area contributed by atoms with E-state index in [1.165, 1.54) is 0 Å². The molecule has 1 aromatic carbocycles. The van der Waals surface area contributed by atoms with Gasteiger partial charge in [0.25, 0.3) is 5.69 Å². The summed E-state index contributed by atoms with van der Waals surface area (Å²) in [6.45, 7) is 7.64. The molecule has 0 saturated carbocycles. The van der Waals surface area contributed by atoms with Crippen molar-refractivity contribution in [2.75, 3.05) is 5.75 Å². The first-order chi connectivity index (χ1) is 9.70. The third-order valence-electron chi connectivity index (χ3n) is 3.41. The molecule has 5 nitrogen and oxygen atoms in total. The zero-order chi connectivity index (χ0) is 15.8. The van der Waals surface area contributed by atoms with Gasteiger partial charge < -0.3 is 10.1 Å². The maximum atomic E-state index is 11.0. The zero-order valence-electron chi connectivity index (χ0n) is 12.6. The predicted molar refractivity (Wildman–Crippen MR) is 86.9 cm³/mol. The van der Waals surface area contributed by atoms with Gasteiger partial charge in [0.05, 0.1) is 4.92 Å². The molecule has 0 radical (unpaired) electrons. The Morgan fingerprint density at radius 3 is 2.67 bits per heavy atom. The van der Waals surface area contributed by atoms with E-state index in [4.69, 9.17) is 0 Å². The second-order valence-corrected chi connectivity index (χ2v) is 7.36. The van der Waals surface area contributed by atoms with Crippen molar-refractivity contribution in [3.63, 3.8) is 0 Å². The smallest absolute Gasteiger partial charge is 0.273 e. The Hall–Kier alpha value is -1.53. The van der Waals surface area contributed by atoms with Crippen molar-refractivity contribution in [2.24, 2.45) is 0 Å². The van der Waals surface area contributed by atoms with Crippen molar-refractivity contribution in [3.05, 3.63) is 39.6 Å². The number of nitro benzene ring substituents is 1. The molecule has 2 rings (SSSR count). The van der Waals surface area contributed by atoms with E-state index < -0.39 is 5.60 Å². The van der Waals surface area contributed by atoms with Gasteiger partial charge in [-0.25, -0.2) is 0 Å². The zero-order valence-corrected chi connectivity index (χ0v) is 13.5. The van der Waals surface area contributed by atoms with Gasteiger partial charge in [0.2, 0.25) is 0 Å². The highest BCUT2D eigenvalue weighted by molar-refractivity contribution is 7.99. The molecule has 1 heterocycles. The number of hydrogen-bond donors (Lipinski definition) is 2. The molecule has 1 atom stereocenters. The molecule has 1 unspecified atom stereocenters. The van der Waals surface area contributed by atoms with E-state index in [1.807, 2.05) is 0 Å². The van der Waals surface area contributed by atoms with Crippen molar-refractivity contribution in [3.8, 4) is 0 Å². The van der Waals surface area contributed by atoms with Crippen molar-refractivity contribution >= 4 is 28.4 Å². The number of fused-ring (bicyclic) bond motifs is 1. The van der Waals surface area contributed by atoms with Crippen molar-refractivity contribution in [1.29, 1.82) is 0 Å². The van der Waals surface area contributed by atoms with Crippen LogP contribution >= 0.6 is 11.8 Å². The average molecular weight is 308 g/mol. The van der Waals surface area contributed by atoms with Crippen LogP contribution in [0.25, 0.3) is 10.9 Å². The van der Waals surface area contributed by atoms with E-state index in [2.05, 4.69) is 18.8 Å². The summed E-state index contributed by atoms with van der Waals surface area (Å²) in [6, 6.07) is 5.10. The van der Waals surface area contributed by atoms with Gasteiger partial charge in [-0.1, -0.05) is 13.8 Å². The number of rotatable bonds is 5. The molecule has 2 N–H and O–H groups in total. The highest BCUT2D eigenvalue weighted by Gasteiger charge is 2.26. The standard InChI is InChI=1S/C15H20N2O3S/c1-9(2)21-8-15(4,18)14-7-11-6-13(17(19)20)10(3)5-12(11)16-14/h5-7,9,16,18H,8H2,1-4H3. The van der Waals surface area contributed by atoms with Gasteiger partial charge in [0, 0.05) is 34.0 Å². The normalized spacial score (nSPS) is 14.6. The number of nitrogens with zero attached hydrogens (tertiary/aromatic N) is 1. The molecule has 0 aliphatic carbocycles. The lowest BCUT2D eigenvalue weighted by molar-refractivity contribution is -0.385. The summed E-state index contributed by atoms with van der Waals surface area (Å²) in [4.78, 5) is 13.8. The minimum atomic E-state index is -0.989. The van der Waals surface area contributed by atoms with Crippen LogP contribution in [-0.4, -0.2) is 26.0 Å². The summed E-state index contributed by atoms with van der Waals surface area (Å²) in [5.41, 5.74) is 1.21. The average Bonchev–Trinajstić information content (AvgIpc) is 2.78. The molecule has 0 spiro atoms. The highest BCUT2D eigenvalue weighted by Crippen LogP contribution is 2.31. The second-order valence-electron chi connectivity index (χ2n) is 5.80. The van der Waals surface area contributed by atoms with Gasteiger partial charge in [-0.15, -0.1) is 0 Å². The molecule has 0 aliphatic rings. The minimum Gasteiger partial charge on any atom is -0.383 e. The van der Waals surface area contributed by atoms with Crippen LogP contribution < -0.4 is 0 Å². The Kier molecular flexibility index (Phi) is 4.30. The van der Waals surface area contributed by atoms with Crippen LogP contribution in [-0.2, 0) is 5.60 Å². The minimum absolute atomic E-state index is 0.101. The Bertz CT molecular complexity index is 677. The fraction of sp³-hybridized carbons (Fsp3) is 0.467. The van der Waals surface area contributed by atoms with Crippen molar-refractivity contribution < 1.29 is 10.0 Å². The number of aromatic nitrogens is 1. The van der Waals surface area contributed by atoms with Crippen LogP contribution in [0.3, 0.4) is 0 Å². The highest BCUT2D eigenvalue weighted by atomic mass is 32.2. The second kappa shape index (κ2) is 5.69. The van der Waals surface area contributed by atoms with Crippen molar-refractivity contribution in [1.82, 2.24) is 4.98 Å². The number of nitrogens with one attached hydrogen (secondary N) is 1. The molecule has 114 valence electrons. The van der Waals surface area contributed by atoms with Gasteiger partial charge in [-0.3, -0.25) is 10.1 Å². The maximum Gasteiger partial charge on any atom is 0.273 e. The van der Waals surface area contributed by atoms with Crippen LogP contribution in [0.15, 0.2) is 18.2 Å². The number of H-pyrrole nitrogens is 1. The molecule has 0 bridgehead atoms. The fourth-order valence-electron chi connectivity index (χ4n) is 2.17. The molecular weight excluding hydrogens is 288 g/mol. The van der Waals surface area contributed by atoms with E-state index in [-0.39, 0.29) is 10.6 Å². The number of benzene rings is 1. The topological polar surface area (TPSA) is 79.2 Å². The molecule has 0 amide bonds. The summed E-state index contributed by atoms with van der Waals surface area (Å²) >= 11 is 1.68. The number of aryl methyl sites for hydroxylation is 1. The van der Waals surface area contributed by atoms with E-state index in [1.54, 1.807) is 43.8 Å². The largest absolute Gasteiger partial charge is 0.383 e. The Morgan fingerprint density at radius 2 is 2.10 bits per heavy atom. The quantitative estimate of drug-likeness (QED) is 0.651. The predicted octanol–water partition coefficient (Wildman–Crippen LogP) is 3.73. The third kappa shape index (κ3) is 3.39. The SMILES string of the molecule is Cc1cc2[nH]c(C(C)(O)CSC(C)C)cc2cc1[N+](=O)[O-]. The van der Waals surface area contributed by atoms with Crippen LogP contribution in [0.2, 0.25) is 0 Å². The van der Waals surface area contributed by atoms with E-state index in [0.29, 0.717) is 22.3 Å². The van der Waals surface area contributed by atoms with Crippen LogP contribution in [0.5, 0.6) is 0 Å². The Labute approximate surface area is 127 Å². The van der Waals surface area contributed by atoms with Gasteiger partial charge >= 0.3 is 0 Å². The Balaban J connectivity index is 2.40. The molecule has 2 aromatic rings. The fourth-order valence-corrected chi connectivity index (χ4v) is 2.98. The summed E-state index contributed by atoms with van der Waals surface area (Å²) in [6.07, 6.45) is 0. The number of aliphatic hydroxyl groups is 1. The molecular formula is C15H20N2O3S. The first kappa shape index (κ1) is 15.9. The van der Waals surface area contributed by atoms with E-state index >= 15 is 0 Å². The van der Waals surface area contributed by atoms with Gasteiger partial charge in [-0.2, -0.15) is 11.8 Å². The molecule has 0 saturated heterocycles. The number of nitro groups is 1. The van der Waals surface area contributed by atoms with Crippen LogP contribution in [0, 0.1) is 17.0 Å². The van der Waals surface area contributed by atoms with Gasteiger partial charge in [0.15, 0.2) is 0 Å². The Morgan fingerprint density at radius 1 is 1.43 bits per heavy atom. The summed E-state index contributed by atoms with van der Waals surface area (Å²) < 4.78 is 0. The monoisotopic (exact) mass is 308 g/mol. The number of hydrogen-bond acceptors (Lipinski definition) is 4. The molecule has 0 aliphatic heterocycles. The first-order valence-electron chi connectivity index (χ1n) is 6.83. The maximum absolute atomic E-state index is 11.0. The van der Waals surface area contributed by atoms with Gasteiger partial charge in [-0.05, 0) is 31.2 Å². The third-order valence-corrected chi connectivity index (χ3v) is 4.81.